The SMILES string of the molecule is O=[N+]([O-])c1ccc(N2CCOC3(CCc4ccccc43)C2)nc1. The maximum atomic E-state index is 10.8. The first-order valence-electron chi connectivity index (χ1n) is 7.76. The van der Waals surface area contributed by atoms with Crippen LogP contribution in [0.2, 0.25) is 0 Å². The quantitative estimate of drug-likeness (QED) is 0.630. The van der Waals surface area contributed by atoms with E-state index in [1.165, 1.54) is 23.4 Å². The Balaban J connectivity index is 1.62. The number of nitrogens with zero attached hydrogens (tertiary/aromatic N) is 3. The van der Waals surface area contributed by atoms with E-state index < -0.39 is 4.92 Å². The number of pyridine rings is 1. The van der Waals surface area contributed by atoms with E-state index >= 15 is 0 Å². The second kappa shape index (κ2) is 5.31. The second-order valence-electron chi connectivity index (χ2n) is 6.05. The Kier molecular flexibility index (Phi) is 3.27. The maximum Gasteiger partial charge on any atom is 0.287 e. The molecule has 4 rings (SSSR count). The molecule has 1 fully saturated rings. The summed E-state index contributed by atoms with van der Waals surface area (Å²) in [7, 11) is 0. The minimum atomic E-state index is -0.426. The van der Waals surface area contributed by atoms with Crippen LogP contribution >= 0.6 is 0 Å². The molecule has 2 aliphatic rings. The molecule has 118 valence electrons. The van der Waals surface area contributed by atoms with Crippen LogP contribution in [0.25, 0.3) is 0 Å². The van der Waals surface area contributed by atoms with Crippen molar-refractivity contribution in [3.8, 4) is 0 Å². The molecule has 1 aromatic heterocycles. The Hall–Kier alpha value is -2.47. The lowest BCUT2D eigenvalue weighted by molar-refractivity contribution is -0.385. The van der Waals surface area contributed by atoms with Gasteiger partial charge in [0.15, 0.2) is 0 Å². The van der Waals surface area contributed by atoms with Crippen molar-refractivity contribution < 1.29 is 9.66 Å². The lowest BCUT2D eigenvalue weighted by Crippen LogP contribution is -2.49. The first-order valence-corrected chi connectivity index (χ1v) is 7.76. The van der Waals surface area contributed by atoms with Crippen LogP contribution in [0.4, 0.5) is 11.5 Å². The summed E-state index contributed by atoms with van der Waals surface area (Å²) in [6, 6.07) is 11.7. The molecule has 1 aromatic carbocycles. The van der Waals surface area contributed by atoms with E-state index in [1.54, 1.807) is 6.07 Å². The van der Waals surface area contributed by atoms with Crippen LogP contribution in [0.5, 0.6) is 0 Å². The number of aromatic nitrogens is 1. The van der Waals surface area contributed by atoms with Crippen molar-refractivity contribution >= 4 is 11.5 Å². The van der Waals surface area contributed by atoms with Gasteiger partial charge in [-0.25, -0.2) is 4.98 Å². The van der Waals surface area contributed by atoms with Gasteiger partial charge in [-0.05, 0) is 30.0 Å². The molecule has 6 nitrogen and oxygen atoms in total. The van der Waals surface area contributed by atoms with Crippen LogP contribution in [0, 0.1) is 10.1 Å². The van der Waals surface area contributed by atoms with Crippen LogP contribution in [0.15, 0.2) is 42.6 Å². The zero-order chi connectivity index (χ0) is 15.9. The van der Waals surface area contributed by atoms with Gasteiger partial charge in [-0.2, -0.15) is 0 Å². The predicted molar refractivity (Wildman–Crippen MR) is 85.5 cm³/mol. The number of hydrogen-bond donors (Lipinski definition) is 0. The van der Waals surface area contributed by atoms with Gasteiger partial charge in [0, 0.05) is 12.6 Å². The van der Waals surface area contributed by atoms with Gasteiger partial charge in [-0.1, -0.05) is 24.3 Å². The van der Waals surface area contributed by atoms with Crippen molar-refractivity contribution in [1.82, 2.24) is 4.98 Å². The van der Waals surface area contributed by atoms with E-state index in [-0.39, 0.29) is 11.3 Å². The molecular weight excluding hydrogens is 294 g/mol. The lowest BCUT2D eigenvalue weighted by Gasteiger charge is -2.41. The van der Waals surface area contributed by atoms with Crippen molar-refractivity contribution in [2.24, 2.45) is 0 Å². The number of benzene rings is 1. The van der Waals surface area contributed by atoms with Crippen LogP contribution in [0.3, 0.4) is 0 Å². The molecule has 0 radical (unpaired) electrons. The van der Waals surface area contributed by atoms with E-state index in [0.29, 0.717) is 6.61 Å². The Morgan fingerprint density at radius 3 is 2.91 bits per heavy atom. The molecule has 1 saturated heterocycles. The first-order chi connectivity index (χ1) is 11.2. The number of nitro groups is 1. The normalized spacial score (nSPS) is 23.0. The largest absolute Gasteiger partial charge is 0.367 e. The summed E-state index contributed by atoms with van der Waals surface area (Å²) in [6.45, 7) is 2.11. The summed E-state index contributed by atoms with van der Waals surface area (Å²) < 4.78 is 6.19. The molecule has 6 heteroatoms. The highest BCUT2D eigenvalue weighted by atomic mass is 16.6. The number of morpholine rings is 1. The van der Waals surface area contributed by atoms with E-state index in [2.05, 4.69) is 34.1 Å². The standard InChI is InChI=1S/C17H17N3O3/c21-20(22)14-5-6-16(18-11-14)19-9-10-23-17(12-19)8-7-13-3-1-2-4-15(13)17/h1-6,11H,7-10,12H2. The monoisotopic (exact) mass is 311 g/mol. The highest BCUT2D eigenvalue weighted by molar-refractivity contribution is 5.46. The van der Waals surface area contributed by atoms with Crippen LogP contribution in [-0.2, 0) is 16.8 Å². The highest BCUT2D eigenvalue weighted by Crippen LogP contribution is 2.42. The fourth-order valence-corrected chi connectivity index (χ4v) is 3.62. The van der Waals surface area contributed by atoms with Crippen molar-refractivity contribution in [3.05, 3.63) is 63.8 Å². The van der Waals surface area contributed by atoms with Gasteiger partial charge >= 0.3 is 0 Å². The molecule has 0 bridgehead atoms. The molecule has 0 N–H and O–H groups in total. The number of fused-ring (bicyclic) bond motifs is 2. The van der Waals surface area contributed by atoms with Crippen molar-refractivity contribution in [3.63, 3.8) is 0 Å². The molecule has 23 heavy (non-hydrogen) atoms. The minimum Gasteiger partial charge on any atom is -0.367 e. The third-order valence-corrected chi connectivity index (χ3v) is 4.76. The zero-order valence-electron chi connectivity index (χ0n) is 12.6. The fourth-order valence-electron chi connectivity index (χ4n) is 3.62. The summed E-state index contributed by atoms with van der Waals surface area (Å²) in [5.74, 6) is 0.766. The summed E-state index contributed by atoms with van der Waals surface area (Å²) in [5.41, 5.74) is 2.36. The first kappa shape index (κ1) is 14.1. The Labute approximate surface area is 133 Å². The Morgan fingerprint density at radius 1 is 1.26 bits per heavy atom. The second-order valence-corrected chi connectivity index (χ2v) is 6.05. The number of rotatable bonds is 2. The summed E-state index contributed by atoms with van der Waals surface area (Å²) in [5, 5.41) is 10.8. The number of hydrogen-bond acceptors (Lipinski definition) is 5. The topological polar surface area (TPSA) is 68.5 Å². The van der Waals surface area contributed by atoms with Gasteiger partial charge in [0.1, 0.15) is 17.6 Å². The lowest BCUT2D eigenvalue weighted by atomic mass is 9.93. The van der Waals surface area contributed by atoms with Gasteiger partial charge in [-0.3, -0.25) is 10.1 Å². The smallest absolute Gasteiger partial charge is 0.287 e. The van der Waals surface area contributed by atoms with Crippen molar-refractivity contribution in [2.75, 3.05) is 24.6 Å². The van der Waals surface area contributed by atoms with Crippen molar-refractivity contribution in [1.29, 1.82) is 0 Å². The molecular formula is C17H17N3O3. The molecule has 1 aliphatic carbocycles. The minimum absolute atomic E-state index is 0.0166. The zero-order valence-corrected chi connectivity index (χ0v) is 12.6. The van der Waals surface area contributed by atoms with Crippen LogP contribution in [-0.4, -0.2) is 29.6 Å². The number of aryl methyl sites for hydroxylation is 1. The maximum absolute atomic E-state index is 10.8. The van der Waals surface area contributed by atoms with E-state index in [4.69, 9.17) is 4.74 Å². The summed E-state index contributed by atoms with van der Waals surface area (Å²) in [6.07, 6.45) is 3.31. The highest BCUT2D eigenvalue weighted by Gasteiger charge is 2.43. The van der Waals surface area contributed by atoms with Crippen molar-refractivity contribution in [2.45, 2.75) is 18.4 Å². The molecule has 0 amide bonds. The fraction of sp³-hybridized carbons (Fsp3) is 0.353. The van der Waals surface area contributed by atoms with Gasteiger partial charge in [0.25, 0.3) is 5.69 Å². The third kappa shape index (κ3) is 2.35. The summed E-state index contributed by atoms with van der Waals surface area (Å²) in [4.78, 5) is 16.8. The average molecular weight is 311 g/mol. The Bertz CT molecular complexity index is 743. The number of ether oxygens (including phenoxy) is 1. The van der Waals surface area contributed by atoms with E-state index in [1.807, 2.05) is 0 Å². The average Bonchev–Trinajstić information content (AvgIpc) is 2.94. The number of anilines is 1. The molecule has 2 heterocycles. The van der Waals surface area contributed by atoms with Crippen LogP contribution in [0.1, 0.15) is 17.5 Å². The molecule has 1 atom stereocenters. The Morgan fingerprint density at radius 2 is 2.13 bits per heavy atom. The predicted octanol–water partition coefficient (Wildman–Crippen LogP) is 2.67. The molecule has 1 spiro atoms. The van der Waals surface area contributed by atoms with Crippen LogP contribution < -0.4 is 4.90 Å². The molecule has 2 aromatic rings. The molecule has 1 unspecified atom stereocenters. The van der Waals surface area contributed by atoms with E-state index in [9.17, 15) is 10.1 Å². The summed E-state index contributed by atoms with van der Waals surface area (Å²) >= 11 is 0. The molecule has 1 aliphatic heterocycles. The molecule has 0 saturated carbocycles. The van der Waals surface area contributed by atoms with Gasteiger partial charge in [0.2, 0.25) is 0 Å². The third-order valence-electron chi connectivity index (χ3n) is 4.76. The van der Waals surface area contributed by atoms with E-state index in [0.717, 1.165) is 31.7 Å². The van der Waals surface area contributed by atoms with Gasteiger partial charge < -0.3 is 9.64 Å². The van der Waals surface area contributed by atoms with Gasteiger partial charge in [-0.15, -0.1) is 0 Å². The van der Waals surface area contributed by atoms with Gasteiger partial charge in [0.05, 0.1) is 18.1 Å².